The van der Waals surface area contributed by atoms with E-state index < -0.39 is 0 Å². The van der Waals surface area contributed by atoms with E-state index in [1.54, 1.807) is 54.1 Å². The Balaban J connectivity index is 1.54. The molecule has 0 saturated heterocycles. The van der Waals surface area contributed by atoms with E-state index in [2.05, 4.69) is 20.8 Å². The Morgan fingerprint density at radius 1 is 0.967 bits per heavy atom. The van der Waals surface area contributed by atoms with Crippen LogP contribution in [0.25, 0.3) is 0 Å². The van der Waals surface area contributed by atoms with Crippen LogP contribution in [0.15, 0.2) is 47.6 Å². The average molecular weight is 485 g/mol. The number of anilines is 2. The van der Waals surface area contributed by atoms with Crippen molar-refractivity contribution >= 4 is 69.8 Å². The third kappa shape index (κ3) is 5.89. The van der Waals surface area contributed by atoms with Crippen LogP contribution < -0.4 is 10.6 Å². The summed E-state index contributed by atoms with van der Waals surface area (Å²) in [6.07, 6.45) is 0.0186. The molecular weight excluding hydrogens is 469 g/mol. The van der Waals surface area contributed by atoms with Gasteiger partial charge in [0.05, 0.1) is 32.9 Å². The standard InChI is InChI=1S/C19H16Cl3N5O2S/c1-27-16(9-17(28)24-15-5-3-2-4-13(15)21)25-26-19(27)30-10-18(29)23-11-6-7-12(20)14(22)8-11/h2-8H,9-10H2,1H3,(H,23,29)(H,24,28). The molecule has 30 heavy (non-hydrogen) atoms. The molecule has 2 amide bonds. The first-order chi connectivity index (χ1) is 14.3. The van der Waals surface area contributed by atoms with Crippen molar-refractivity contribution in [1.82, 2.24) is 14.8 Å². The second kappa shape index (κ2) is 10.2. The molecule has 1 aromatic heterocycles. The van der Waals surface area contributed by atoms with Crippen LogP contribution in [0.3, 0.4) is 0 Å². The molecule has 0 aliphatic rings. The van der Waals surface area contributed by atoms with Gasteiger partial charge in [0.2, 0.25) is 11.8 Å². The Kier molecular flexibility index (Phi) is 7.60. The fourth-order valence-electron chi connectivity index (χ4n) is 2.43. The van der Waals surface area contributed by atoms with Gasteiger partial charge in [0.25, 0.3) is 0 Å². The molecule has 7 nitrogen and oxygen atoms in total. The number of halogens is 3. The van der Waals surface area contributed by atoms with Crippen LogP contribution in [-0.2, 0) is 23.1 Å². The lowest BCUT2D eigenvalue weighted by Gasteiger charge is -2.08. The predicted octanol–water partition coefficient (Wildman–Crippen LogP) is 4.69. The summed E-state index contributed by atoms with van der Waals surface area (Å²) in [7, 11) is 1.73. The van der Waals surface area contributed by atoms with Crippen molar-refractivity contribution in [2.24, 2.45) is 7.05 Å². The van der Waals surface area contributed by atoms with Crippen LogP contribution >= 0.6 is 46.6 Å². The number of amides is 2. The Hall–Kier alpha value is -2.26. The number of nitrogens with one attached hydrogen (secondary N) is 2. The van der Waals surface area contributed by atoms with E-state index >= 15 is 0 Å². The number of thioether (sulfide) groups is 1. The number of benzene rings is 2. The molecule has 0 radical (unpaired) electrons. The topological polar surface area (TPSA) is 88.9 Å². The van der Waals surface area contributed by atoms with Gasteiger partial charge in [-0.3, -0.25) is 9.59 Å². The zero-order valence-corrected chi connectivity index (χ0v) is 18.7. The van der Waals surface area contributed by atoms with Crippen LogP contribution in [-0.4, -0.2) is 32.3 Å². The van der Waals surface area contributed by atoms with Crippen molar-refractivity contribution < 1.29 is 9.59 Å². The quantitative estimate of drug-likeness (QED) is 0.475. The molecule has 0 unspecified atom stereocenters. The molecule has 0 saturated carbocycles. The molecular formula is C19H16Cl3N5O2S. The summed E-state index contributed by atoms with van der Waals surface area (Å²) in [6.45, 7) is 0. The minimum absolute atomic E-state index is 0.0186. The third-order valence-corrected chi connectivity index (χ3v) is 6.02. The van der Waals surface area contributed by atoms with Gasteiger partial charge in [-0.25, -0.2) is 0 Å². The molecule has 0 spiro atoms. The first-order valence-electron chi connectivity index (χ1n) is 8.64. The summed E-state index contributed by atoms with van der Waals surface area (Å²) in [5.41, 5.74) is 1.07. The van der Waals surface area contributed by atoms with Crippen molar-refractivity contribution in [3.63, 3.8) is 0 Å². The van der Waals surface area contributed by atoms with Crippen LogP contribution in [0, 0.1) is 0 Å². The van der Waals surface area contributed by atoms with E-state index in [4.69, 9.17) is 34.8 Å². The van der Waals surface area contributed by atoms with E-state index in [-0.39, 0.29) is 24.0 Å². The van der Waals surface area contributed by atoms with E-state index in [9.17, 15) is 9.59 Å². The molecule has 0 fully saturated rings. The van der Waals surface area contributed by atoms with Crippen molar-refractivity contribution in [2.75, 3.05) is 16.4 Å². The minimum Gasteiger partial charge on any atom is -0.325 e. The first kappa shape index (κ1) is 22.4. The molecule has 156 valence electrons. The number of carbonyl (C=O) groups is 2. The fraction of sp³-hybridized carbons (Fsp3) is 0.158. The van der Waals surface area contributed by atoms with Gasteiger partial charge < -0.3 is 15.2 Å². The van der Waals surface area contributed by atoms with E-state index in [1.165, 1.54) is 11.8 Å². The normalized spacial score (nSPS) is 10.7. The maximum atomic E-state index is 12.3. The number of rotatable bonds is 7. The third-order valence-electron chi connectivity index (χ3n) is 3.93. The summed E-state index contributed by atoms with van der Waals surface area (Å²) < 4.78 is 1.67. The average Bonchev–Trinajstić information content (AvgIpc) is 3.04. The maximum absolute atomic E-state index is 12.3. The number of hydrogen-bond donors (Lipinski definition) is 2. The molecule has 2 N–H and O–H groups in total. The zero-order valence-electron chi connectivity index (χ0n) is 15.7. The molecule has 11 heteroatoms. The Morgan fingerprint density at radius 3 is 2.47 bits per heavy atom. The highest BCUT2D eigenvalue weighted by Crippen LogP contribution is 2.25. The molecule has 0 atom stereocenters. The molecule has 1 heterocycles. The fourth-order valence-corrected chi connectivity index (χ4v) is 3.64. The number of carbonyl (C=O) groups excluding carboxylic acids is 2. The van der Waals surface area contributed by atoms with Crippen LogP contribution in [0.1, 0.15) is 5.82 Å². The number of aromatic nitrogens is 3. The van der Waals surface area contributed by atoms with Crippen molar-refractivity contribution in [3.8, 4) is 0 Å². The minimum atomic E-state index is -0.271. The lowest BCUT2D eigenvalue weighted by molar-refractivity contribution is -0.116. The van der Waals surface area contributed by atoms with Crippen molar-refractivity contribution in [3.05, 3.63) is 63.4 Å². The second-order valence-corrected chi connectivity index (χ2v) is 8.29. The number of nitrogens with zero attached hydrogens (tertiary/aromatic N) is 3. The van der Waals surface area contributed by atoms with Gasteiger partial charge >= 0.3 is 0 Å². The summed E-state index contributed by atoms with van der Waals surface area (Å²) in [5.74, 6) is 0.0664. The summed E-state index contributed by atoms with van der Waals surface area (Å²) in [4.78, 5) is 24.4. The first-order valence-corrected chi connectivity index (χ1v) is 10.8. The summed E-state index contributed by atoms with van der Waals surface area (Å²) in [6, 6.07) is 11.8. The molecule has 2 aromatic carbocycles. The van der Waals surface area contributed by atoms with Crippen molar-refractivity contribution in [2.45, 2.75) is 11.6 Å². The zero-order chi connectivity index (χ0) is 21.7. The van der Waals surface area contributed by atoms with E-state index in [0.29, 0.717) is 37.4 Å². The van der Waals surface area contributed by atoms with E-state index in [0.717, 1.165) is 0 Å². The molecule has 0 aliphatic carbocycles. The van der Waals surface area contributed by atoms with Crippen molar-refractivity contribution in [1.29, 1.82) is 0 Å². The highest BCUT2D eigenvalue weighted by atomic mass is 35.5. The molecule has 3 rings (SSSR count). The van der Waals surface area contributed by atoms with Gasteiger partial charge in [-0.05, 0) is 30.3 Å². The SMILES string of the molecule is Cn1c(CC(=O)Nc2ccccc2Cl)nnc1SCC(=O)Nc1ccc(Cl)c(Cl)c1. The Labute approximate surface area is 192 Å². The summed E-state index contributed by atoms with van der Waals surface area (Å²) in [5, 5.41) is 15.3. The lowest BCUT2D eigenvalue weighted by atomic mass is 10.3. The Morgan fingerprint density at radius 2 is 1.73 bits per heavy atom. The summed E-state index contributed by atoms with van der Waals surface area (Å²) >= 11 is 19.1. The lowest BCUT2D eigenvalue weighted by Crippen LogP contribution is -2.17. The molecule has 0 aliphatic heterocycles. The van der Waals surface area contributed by atoms with Gasteiger partial charge in [-0.2, -0.15) is 0 Å². The predicted molar refractivity (Wildman–Crippen MR) is 121 cm³/mol. The smallest absolute Gasteiger partial charge is 0.234 e. The number of hydrogen-bond acceptors (Lipinski definition) is 5. The second-order valence-electron chi connectivity index (χ2n) is 6.13. The molecule has 3 aromatic rings. The van der Waals surface area contributed by atoms with Crippen LogP contribution in [0.4, 0.5) is 11.4 Å². The van der Waals surface area contributed by atoms with Gasteiger partial charge in [0.1, 0.15) is 5.82 Å². The monoisotopic (exact) mass is 483 g/mol. The number of para-hydroxylation sites is 1. The van der Waals surface area contributed by atoms with Gasteiger partial charge in [0.15, 0.2) is 5.16 Å². The largest absolute Gasteiger partial charge is 0.325 e. The van der Waals surface area contributed by atoms with Crippen LogP contribution in [0.2, 0.25) is 15.1 Å². The highest BCUT2D eigenvalue weighted by Gasteiger charge is 2.15. The van der Waals surface area contributed by atoms with Gasteiger partial charge in [0, 0.05) is 12.7 Å². The Bertz CT molecular complexity index is 1090. The van der Waals surface area contributed by atoms with E-state index in [1.807, 2.05) is 0 Å². The molecule has 0 bridgehead atoms. The van der Waals surface area contributed by atoms with Crippen LogP contribution in [0.5, 0.6) is 0 Å². The van der Waals surface area contributed by atoms with Gasteiger partial charge in [-0.1, -0.05) is 58.7 Å². The highest BCUT2D eigenvalue weighted by molar-refractivity contribution is 7.99. The van der Waals surface area contributed by atoms with Gasteiger partial charge in [-0.15, -0.1) is 10.2 Å². The maximum Gasteiger partial charge on any atom is 0.234 e.